The van der Waals surface area contributed by atoms with Crippen LogP contribution < -0.4 is 16.2 Å². The zero-order valence-corrected chi connectivity index (χ0v) is 15.9. The van der Waals surface area contributed by atoms with Gasteiger partial charge in [0.05, 0.1) is 27.6 Å². The van der Waals surface area contributed by atoms with E-state index < -0.39 is 11.6 Å². The maximum absolute atomic E-state index is 12.2. The predicted molar refractivity (Wildman–Crippen MR) is 103 cm³/mol. The van der Waals surface area contributed by atoms with E-state index in [0.717, 1.165) is 23.3 Å². The first-order valence-corrected chi connectivity index (χ1v) is 9.04. The summed E-state index contributed by atoms with van der Waals surface area (Å²) in [6, 6.07) is 4.77. The fourth-order valence-electron chi connectivity index (χ4n) is 2.86. The Bertz CT molecular complexity index is 902. The summed E-state index contributed by atoms with van der Waals surface area (Å²) in [6.45, 7) is 2.51. The maximum Gasteiger partial charge on any atom is 0.314 e. The molecule has 138 valence electrons. The molecule has 2 amide bonds. The molecule has 1 aromatic heterocycles. The Balaban J connectivity index is 1.88. The van der Waals surface area contributed by atoms with Gasteiger partial charge < -0.3 is 15.5 Å². The van der Waals surface area contributed by atoms with Gasteiger partial charge in [-0.1, -0.05) is 34.8 Å². The minimum absolute atomic E-state index is 0.0964. The third kappa shape index (κ3) is 3.75. The molecule has 2 N–H and O–H groups in total. The molecule has 0 aliphatic carbocycles. The van der Waals surface area contributed by atoms with Gasteiger partial charge in [-0.25, -0.2) is 4.79 Å². The second-order valence-electron chi connectivity index (χ2n) is 5.83. The molecular weight excluding hydrogens is 401 g/mol. The Morgan fingerprint density at radius 2 is 1.85 bits per heavy atom. The van der Waals surface area contributed by atoms with Crippen molar-refractivity contribution >= 4 is 46.5 Å². The standard InChI is InChI=1S/C16H16Cl3N5O2/c17-11-8-10(24-15(25)14(19)12(18)9-21-24)2-3-13(11)22-4-1-5-23(7-6-22)16(20)26/h2-3,8-9H,1,4-7H2,(H2,20,26). The van der Waals surface area contributed by atoms with Gasteiger partial charge in [-0.05, 0) is 24.6 Å². The largest absolute Gasteiger partial charge is 0.368 e. The van der Waals surface area contributed by atoms with Crippen LogP contribution in [0.2, 0.25) is 15.1 Å². The average Bonchev–Trinajstić information content (AvgIpc) is 2.86. The lowest BCUT2D eigenvalue weighted by Crippen LogP contribution is -2.38. The van der Waals surface area contributed by atoms with E-state index in [-0.39, 0.29) is 10.0 Å². The van der Waals surface area contributed by atoms with Gasteiger partial charge in [-0.2, -0.15) is 9.78 Å². The second kappa shape index (κ2) is 7.73. The summed E-state index contributed by atoms with van der Waals surface area (Å²) >= 11 is 18.1. The Morgan fingerprint density at radius 3 is 2.54 bits per heavy atom. The number of aromatic nitrogens is 2. The maximum atomic E-state index is 12.2. The van der Waals surface area contributed by atoms with Crippen LogP contribution in [0, 0.1) is 0 Å². The molecule has 2 aromatic rings. The van der Waals surface area contributed by atoms with E-state index in [1.165, 1.54) is 6.20 Å². The van der Waals surface area contributed by atoms with E-state index >= 15 is 0 Å². The third-order valence-electron chi connectivity index (χ3n) is 4.20. The fraction of sp³-hybridized carbons (Fsp3) is 0.312. The van der Waals surface area contributed by atoms with Gasteiger partial charge in [0.2, 0.25) is 0 Å². The van der Waals surface area contributed by atoms with Crippen LogP contribution in [0.25, 0.3) is 5.69 Å². The highest BCUT2D eigenvalue weighted by atomic mass is 35.5. The number of nitrogens with zero attached hydrogens (tertiary/aromatic N) is 4. The molecule has 1 aliphatic heterocycles. The lowest BCUT2D eigenvalue weighted by Gasteiger charge is -2.24. The normalized spacial score (nSPS) is 15.0. The van der Waals surface area contributed by atoms with Crippen LogP contribution in [-0.2, 0) is 0 Å². The third-order valence-corrected chi connectivity index (χ3v) is 5.25. The van der Waals surface area contributed by atoms with E-state index in [1.54, 1.807) is 17.0 Å². The average molecular weight is 417 g/mol. The zero-order chi connectivity index (χ0) is 18.8. The van der Waals surface area contributed by atoms with Crippen LogP contribution in [-0.4, -0.2) is 46.9 Å². The Morgan fingerprint density at radius 1 is 1.08 bits per heavy atom. The van der Waals surface area contributed by atoms with Gasteiger partial charge >= 0.3 is 6.03 Å². The second-order valence-corrected chi connectivity index (χ2v) is 7.02. The molecule has 2 heterocycles. The first kappa shape index (κ1) is 18.8. The number of nitrogens with two attached hydrogens (primary N) is 1. The summed E-state index contributed by atoms with van der Waals surface area (Å²) in [4.78, 5) is 27.3. The lowest BCUT2D eigenvalue weighted by molar-refractivity contribution is 0.211. The summed E-state index contributed by atoms with van der Waals surface area (Å²) in [7, 11) is 0. The molecule has 0 atom stereocenters. The molecule has 10 heteroatoms. The minimum Gasteiger partial charge on any atom is -0.368 e. The van der Waals surface area contributed by atoms with Gasteiger partial charge in [0.25, 0.3) is 5.56 Å². The molecule has 0 radical (unpaired) electrons. The number of primary amides is 1. The topological polar surface area (TPSA) is 84.5 Å². The fourth-order valence-corrected chi connectivity index (χ4v) is 3.41. The first-order valence-electron chi connectivity index (χ1n) is 7.91. The minimum atomic E-state index is -0.519. The number of anilines is 1. The van der Waals surface area contributed by atoms with E-state index in [2.05, 4.69) is 10.00 Å². The highest BCUT2D eigenvalue weighted by Gasteiger charge is 2.19. The molecule has 1 fully saturated rings. The molecule has 1 aliphatic rings. The quantitative estimate of drug-likeness (QED) is 0.816. The van der Waals surface area contributed by atoms with Gasteiger partial charge in [-0.3, -0.25) is 4.79 Å². The molecule has 26 heavy (non-hydrogen) atoms. The molecule has 0 bridgehead atoms. The van der Waals surface area contributed by atoms with Crippen molar-refractivity contribution in [2.75, 3.05) is 31.1 Å². The number of halogens is 3. The van der Waals surface area contributed by atoms with Gasteiger partial charge in [0.15, 0.2) is 0 Å². The van der Waals surface area contributed by atoms with Crippen molar-refractivity contribution < 1.29 is 4.79 Å². The summed E-state index contributed by atoms with van der Waals surface area (Å²) in [5, 5.41) is 4.46. The van der Waals surface area contributed by atoms with E-state index in [1.807, 2.05) is 6.07 Å². The molecule has 0 unspecified atom stereocenters. The molecule has 0 spiro atoms. The number of carbonyl (C=O) groups excluding carboxylic acids is 1. The van der Waals surface area contributed by atoms with Gasteiger partial charge in [-0.15, -0.1) is 0 Å². The summed E-state index contributed by atoms with van der Waals surface area (Å²) in [6.07, 6.45) is 2.09. The monoisotopic (exact) mass is 415 g/mol. The van der Waals surface area contributed by atoms with Crippen LogP contribution >= 0.6 is 34.8 Å². The van der Waals surface area contributed by atoms with Crippen molar-refractivity contribution in [1.29, 1.82) is 0 Å². The van der Waals surface area contributed by atoms with E-state index in [4.69, 9.17) is 40.5 Å². The van der Waals surface area contributed by atoms with Crippen LogP contribution in [0.15, 0.2) is 29.2 Å². The van der Waals surface area contributed by atoms with Crippen LogP contribution in [0.5, 0.6) is 0 Å². The number of amides is 2. The summed E-state index contributed by atoms with van der Waals surface area (Å²) in [5.41, 5.74) is 6.13. The number of benzene rings is 1. The molecule has 1 saturated heterocycles. The highest BCUT2D eigenvalue weighted by Crippen LogP contribution is 2.29. The van der Waals surface area contributed by atoms with Gasteiger partial charge in [0, 0.05) is 26.2 Å². The van der Waals surface area contributed by atoms with E-state index in [0.29, 0.717) is 30.3 Å². The number of urea groups is 1. The van der Waals surface area contributed by atoms with Crippen molar-refractivity contribution in [3.63, 3.8) is 0 Å². The summed E-state index contributed by atoms with van der Waals surface area (Å²) < 4.78 is 1.14. The lowest BCUT2D eigenvalue weighted by atomic mass is 10.2. The number of hydrogen-bond donors (Lipinski definition) is 1. The van der Waals surface area contributed by atoms with Crippen molar-refractivity contribution in [2.45, 2.75) is 6.42 Å². The SMILES string of the molecule is NC(=O)N1CCCN(c2ccc(-n3ncc(Cl)c(Cl)c3=O)cc2Cl)CC1. The van der Waals surface area contributed by atoms with Crippen LogP contribution in [0.3, 0.4) is 0 Å². The Hall–Kier alpha value is -1.96. The van der Waals surface area contributed by atoms with Crippen molar-refractivity contribution in [3.8, 4) is 5.69 Å². The zero-order valence-electron chi connectivity index (χ0n) is 13.7. The Labute approximate surface area is 164 Å². The molecule has 1 aromatic carbocycles. The van der Waals surface area contributed by atoms with E-state index in [9.17, 15) is 9.59 Å². The van der Waals surface area contributed by atoms with Crippen LogP contribution in [0.1, 0.15) is 6.42 Å². The molecular formula is C16H16Cl3N5O2. The molecule has 7 nitrogen and oxygen atoms in total. The smallest absolute Gasteiger partial charge is 0.314 e. The predicted octanol–water partition coefficient (Wildman–Crippen LogP) is 2.78. The number of hydrogen-bond acceptors (Lipinski definition) is 4. The van der Waals surface area contributed by atoms with Crippen molar-refractivity contribution in [2.24, 2.45) is 5.73 Å². The van der Waals surface area contributed by atoms with Gasteiger partial charge in [0.1, 0.15) is 5.02 Å². The number of carbonyl (C=O) groups is 1. The summed E-state index contributed by atoms with van der Waals surface area (Å²) in [5.74, 6) is 0. The first-order chi connectivity index (χ1) is 12.4. The Kier molecular flexibility index (Phi) is 5.60. The molecule has 3 rings (SSSR count). The molecule has 0 saturated carbocycles. The van der Waals surface area contributed by atoms with Crippen molar-refractivity contribution in [3.05, 3.63) is 49.8 Å². The van der Waals surface area contributed by atoms with Crippen molar-refractivity contribution in [1.82, 2.24) is 14.7 Å². The number of rotatable bonds is 2. The van der Waals surface area contributed by atoms with Crippen LogP contribution in [0.4, 0.5) is 10.5 Å². The highest BCUT2D eigenvalue weighted by molar-refractivity contribution is 6.41.